The molecule has 1 aromatic heterocycles. The van der Waals surface area contributed by atoms with Gasteiger partial charge in [0, 0.05) is 35.7 Å². The van der Waals surface area contributed by atoms with E-state index in [1.807, 2.05) is 30.5 Å². The highest BCUT2D eigenvalue weighted by Gasteiger charge is 2.21. The van der Waals surface area contributed by atoms with E-state index in [0.717, 1.165) is 16.5 Å². The number of benzene rings is 2. The predicted molar refractivity (Wildman–Crippen MR) is 93.3 cm³/mol. The maximum absolute atomic E-state index is 12.6. The second kappa shape index (κ2) is 6.35. The van der Waals surface area contributed by atoms with Gasteiger partial charge in [0.2, 0.25) is 10.0 Å². The molecule has 0 saturated heterocycles. The molecular formula is C17H17ClN2O2S. The molecule has 23 heavy (non-hydrogen) atoms. The molecule has 3 rings (SSSR count). The third kappa shape index (κ3) is 3.27. The number of hydrogen-bond donors (Lipinski definition) is 1. The average Bonchev–Trinajstić information content (AvgIpc) is 2.95. The summed E-state index contributed by atoms with van der Waals surface area (Å²) in [6, 6.07) is 14.3. The van der Waals surface area contributed by atoms with Gasteiger partial charge in [-0.15, -0.1) is 0 Å². The number of H-pyrrole nitrogens is 1. The SMILES string of the molecule is CN(CCc1c[nH]c2ccccc12)S(=O)(=O)c1cccc(Cl)c1. The van der Waals surface area contributed by atoms with Gasteiger partial charge in [-0.05, 0) is 36.2 Å². The molecule has 0 atom stereocenters. The first kappa shape index (κ1) is 16.1. The molecule has 0 saturated carbocycles. The number of halogens is 1. The Bertz CT molecular complexity index is 934. The van der Waals surface area contributed by atoms with Gasteiger partial charge in [-0.1, -0.05) is 35.9 Å². The van der Waals surface area contributed by atoms with Crippen LogP contribution in [0.4, 0.5) is 0 Å². The third-order valence-corrected chi connectivity index (χ3v) is 5.96. The minimum Gasteiger partial charge on any atom is -0.361 e. The Hall–Kier alpha value is -1.82. The maximum Gasteiger partial charge on any atom is 0.242 e. The Morgan fingerprint density at radius 1 is 1.13 bits per heavy atom. The number of sulfonamides is 1. The summed E-state index contributed by atoms with van der Waals surface area (Å²) < 4.78 is 26.5. The second-order valence-electron chi connectivity index (χ2n) is 5.39. The van der Waals surface area contributed by atoms with E-state index in [0.29, 0.717) is 18.0 Å². The van der Waals surface area contributed by atoms with Crippen LogP contribution in [0, 0.1) is 0 Å². The summed E-state index contributed by atoms with van der Waals surface area (Å²) in [5.41, 5.74) is 2.16. The molecule has 2 aromatic carbocycles. The first-order valence-electron chi connectivity index (χ1n) is 7.25. The van der Waals surface area contributed by atoms with Crippen LogP contribution < -0.4 is 0 Å². The highest BCUT2D eigenvalue weighted by Crippen LogP contribution is 2.21. The van der Waals surface area contributed by atoms with Crippen molar-refractivity contribution in [2.45, 2.75) is 11.3 Å². The minimum atomic E-state index is -3.53. The quantitative estimate of drug-likeness (QED) is 0.764. The molecule has 1 heterocycles. The normalized spacial score (nSPS) is 12.1. The molecule has 0 spiro atoms. The zero-order valence-electron chi connectivity index (χ0n) is 12.7. The van der Waals surface area contributed by atoms with E-state index in [1.165, 1.54) is 10.4 Å². The maximum atomic E-state index is 12.6. The van der Waals surface area contributed by atoms with Gasteiger partial charge < -0.3 is 4.98 Å². The van der Waals surface area contributed by atoms with E-state index in [4.69, 9.17) is 11.6 Å². The lowest BCUT2D eigenvalue weighted by Crippen LogP contribution is -2.29. The number of nitrogens with one attached hydrogen (secondary N) is 1. The third-order valence-electron chi connectivity index (χ3n) is 3.88. The summed E-state index contributed by atoms with van der Waals surface area (Å²) in [7, 11) is -1.94. The molecule has 0 fully saturated rings. The van der Waals surface area contributed by atoms with Crippen molar-refractivity contribution in [2.24, 2.45) is 0 Å². The van der Waals surface area contributed by atoms with Crippen LogP contribution in [0.15, 0.2) is 59.6 Å². The minimum absolute atomic E-state index is 0.214. The molecule has 4 nitrogen and oxygen atoms in total. The van der Waals surface area contributed by atoms with Crippen molar-refractivity contribution in [3.8, 4) is 0 Å². The molecule has 0 amide bonds. The van der Waals surface area contributed by atoms with Gasteiger partial charge in [-0.25, -0.2) is 12.7 Å². The number of nitrogens with zero attached hydrogens (tertiary/aromatic N) is 1. The van der Waals surface area contributed by atoms with Gasteiger partial charge in [-0.2, -0.15) is 0 Å². The predicted octanol–water partition coefficient (Wildman–Crippen LogP) is 3.68. The highest BCUT2D eigenvalue weighted by molar-refractivity contribution is 7.89. The van der Waals surface area contributed by atoms with Crippen LogP contribution in [-0.4, -0.2) is 31.3 Å². The molecule has 1 N–H and O–H groups in total. The van der Waals surface area contributed by atoms with Crippen molar-refractivity contribution in [1.82, 2.24) is 9.29 Å². The first-order valence-corrected chi connectivity index (χ1v) is 9.07. The van der Waals surface area contributed by atoms with Gasteiger partial charge in [0.25, 0.3) is 0 Å². The Morgan fingerprint density at radius 3 is 2.70 bits per heavy atom. The molecule has 6 heteroatoms. The number of likely N-dealkylation sites (N-methyl/N-ethyl adjacent to an activating group) is 1. The fourth-order valence-electron chi connectivity index (χ4n) is 2.54. The number of aromatic amines is 1. The molecule has 0 aliphatic rings. The van der Waals surface area contributed by atoms with Crippen molar-refractivity contribution >= 4 is 32.5 Å². The number of para-hydroxylation sites is 1. The van der Waals surface area contributed by atoms with Crippen LogP contribution in [0.5, 0.6) is 0 Å². The van der Waals surface area contributed by atoms with Crippen molar-refractivity contribution < 1.29 is 8.42 Å². The van der Waals surface area contributed by atoms with E-state index in [-0.39, 0.29) is 4.90 Å². The molecule has 0 aliphatic carbocycles. The van der Waals surface area contributed by atoms with Crippen LogP contribution in [0.1, 0.15) is 5.56 Å². The van der Waals surface area contributed by atoms with Crippen molar-refractivity contribution in [1.29, 1.82) is 0 Å². The lowest BCUT2D eigenvalue weighted by Gasteiger charge is -2.17. The smallest absolute Gasteiger partial charge is 0.242 e. The summed E-state index contributed by atoms with van der Waals surface area (Å²) in [4.78, 5) is 3.42. The second-order valence-corrected chi connectivity index (χ2v) is 7.87. The monoisotopic (exact) mass is 348 g/mol. The van der Waals surface area contributed by atoms with E-state index >= 15 is 0 Å². The first-order chi connectivity index (χ1) is 11.0. The van der Waals surface area contributed by atoms with Crippen LogP contribution in [0.2, 0.25) is 5.02 Å². The summed E-state index contributed by atoms with van der Waals surface area (Å²) in [5, 5.41) is 1.54. The van der Waals surface area contributed by atoms with E-state index < -0.39 is 10.0 Å². The van der Waals surface area contributed by atoms with Crippen molar-refractivity contribution in [3.63, 3.8) is 0 Å². The van der Waals surface area contributed by atoms with E-state index in [2.05, 4.69) is 4.98 Å². The molecule has 0 bridgehead atoms. The van der Waals surface area contributed by atoms with Crippen molar-refractivity contribution in [3.05, 3.63) is 65.3 Å². The summed E-state index contributed by atoms with van der Waals surface area (Å²) >= 11 is 5.89. The summed E-state index contributed by atoms with van der Waals surface area (Å²) in [6.07, 6.45) is 2.57. The molecule has 120 valence electrons. The molecular weight excluding hydrogens is 332 g/mol. The van der Waals surface area contributed by atoms with E-state index in [9.17, 15) is 8.42 Å². The number of fused-ring (bicyclic) bond motifs is 1. The van der Waals surface area contributed by atoms with Gasteiger partial charge in [0.1, 0.15) is 0 Å². The zero-order valence-corrected chi connectivity index (χ0v) is 14.2. The van der Waals surface area contributed by atoms with Crippen LogP contribution >= 0.6 is 11.6 Å². The van der Waals surface area contributed by atoms with Gasteiger partial charge in [0.05, 0.1) is 4.90 Å². The van der Waals surface area contributed by atoms with Gasteiger partial charge in [0.15, 0.2) is 0 Å². The fourth-order valence-corrected chi connectivity index (χ4v) is 4.02. The van der Waals surface area contributed by atoms with Crippen molar-refractivity contribution in [2.75, 3.05) is 13.6 Å². The standard InChI is InChI=1S/C17H17ClN2O2S/c1-20(23(21,22)15-6-4-5-14(18)11-15)10-9-13-12-19-17-8-3-2-7-16(13)17/h2-8,11-12,19H,9-10H2,1H3. The molecule has 3 aromatic rings. The summed E-state index contributed by atoms with van der Waals surface area (Å²) in [5.74, 6) is 0. The molecule has 0 radical (unpaired) electrons. The Kier molecular flexibility index (Phi) is 4.43. The highest BCUT2D eigenvalue weighted by atomic mass is 35.5. The lowest BCUT2D eigenvalue weighted by molar-refractivity contribution is 0.473. The lowest BCUT2D eigenvalue weighted by atomic mass is 10.1. The molecule has 0 unspecified atom stereocenters. The van der Waals surface area contributed by atoms with E-state index in [1.54, 1.807) is 25.2 Å². The Morgan fingerprint density at radius 2 is 1.91 bits per heavy atom. The van der Waals surface area contributed by atoms with Gasteiger partial charge >= 0.3 is 0 Å². The number of aromatic nitrogens is 1. The topological polar surface area (TPSA) is 53.2 Å². The Labute approximate surface area is 140 Å². The Balaban J connectivity index is 1.77. The zero-order chi connectivity index (χ0) is 16.4. The fraction of sp³-hybridized carbons (Fsp3) is 0.176. The molecule has 0 aliphatic heterocycles. The average molecular weight is 349 g/mol. The largest absolute Gasteiger partial charge is 0.361 e. The van der Waals surface area contributed by atoms with Gasteiger partial charge in [-0.3, -0.25) is 0 Å². The van der Waals surface area contributed by atoms with Crippen LogP contribution in [0.3, 0.4) is 0 Å². The summed E-state index contributed by atoms with van der Waals surface area (Å²) in [6.45, 7) is 0.399. The number of hydrogen-bond acceptors (Lipinski definition) is 2. The van der Waals surface area contributed by atoms with Crippen LogP contribution in [-0.2, 0) is 16.4 Å². The van der Waals surface area contributed by atoms with Crippen LogP contribution in [0.25, 0.3) is 10.9 Å². The number of rotatable bonds is 5.